The van der Waals surface area contributed by atoms with Gasteiger partial charge in [-0.05, 0) is 30.2 Å². The fraction of sp³-hybridized carbons (Fsp3) is 0.182. The fourth-order valence-electron chi connectivity index (χ4n) is 2.88. The van der Waals surface area contributed by atoms with Gasteiger partial charge in [-0.25, -0.2) is 13.6 Å². The summed E-state index contributed by atoms with van der Waals surface area (Å²) in [5.41, 5.74) is 11.7. The molecule has 0 aliphatic carbocycles. The molecule has 3 aromatic rings. The Balaban J connectivity index is 0. The van der Waals surface area contributed by atoms with Gasteiger partial charge in [0.25, 0.3) is 10.5 Å². The molecule has 2 aromatic carbocycles. The highest BCUT2D eigenvalue weighted by atomic mass is 35.5. The van der Waals surface area contributed by atoms with E-state index in [1.807, 2.05) is 12.1 Å². The molecule has 0 unspecified atom stereocenters. The van der Waals surface area contributed by atoms with E-state index in [-0.39, 0.29) is 17.8 Å². The highest BCUT2D eigenvalue weighted by Gasteiger charge is 2.22. The molecule has 194 valence electrons. The lowest BCUT2D eigenvalue weighted by Crippen LogP contribution is -2.13. The summed E-state index contributed by atoms with van der Waals surface area (Å²) in [6, 6.07) is 14.1. The molecule has 3 rings (SSSR count). The summed E-state index contributed by atoms with van der Waals surface area (Å²) in [6.07, 6.45) is 3.25. The zero-order valence-corrected chi connectivity index (χ0v) is 21.4. The molecule has 1 heterocycles. The first-order valence-corrected chi connectivity index (χ1v) is 12.2. The van der Waals surface area contributed by atoms with E-state index in [0.29, 0.717) is 16.1 Å². The summed E-state index contributed by atoms with van der Waals surface area (Å²) in [4.78, 5) is 18.3. The molecule has 1 aromatic heterocycles. The fourth-order valence-corrected chi connectivity index (χ4v) is 3.76. The maximum Gasteiger partial charge on any atom is 0.273 e. The van der Waals surface area contributed by atoms with Crippen LogP contribution >= 0.6 is 36.9 Å². The van der Waals surface area contributed by atoms with Crippen LogP contribution in [0, 0.1) is 0 Å². The molecule has 2 amide bonds. The number of primary amides is 2. The highest BCUT2D eigenvalue weighted by Crippen LogP contribution is 2.39. The normalized spacial score (nSPS) is 9.74. The van der Waals surface area contributed by atoms with Crippen molar-refractivity contribution in [2.24, 2.45) is 16.6 Å². The molecule has 0 saturated carbocycles. The molecule has 0 spiro atoms. The van der Waals surface area contributed by atoms with Gasteiger partial charge in [-0.3, -0.25) is 9.59 Å². The Hall–Kier alpha value is -2.48. The van der Waals surface area contributed by atoms with E-state index in [1.165, 1.54) is 6.07 Å². The summed E-state index contributed by atoms with van der Waals surface area (Å²) >= 11 is 12.2. The van der Waals surface area contributed by atoms with Crippen LogP contribution in [0.5, 0.6) is 0 Å². The van der Waals surface area contributed by atoms with Crippen molar-refractivity contribution in [1.29, 1.82) is 0 Å². The Bertz CT molecular complexity index is 1180. The number of carbonyl (C=O) groups is 2. The van der Waals surface area contributed by atoms with Crippen molar-refractivity contribution in [2.75, 3.05) is 0 Å². The van der Waals surface area contributed by atoms with Crippen molar-refractivity contribution in [3.05, 3.63) is 65.6 Å². The first-order valence-electron chi connectivity index (χ1n) is 9.33. The number of primary sulfonamides is 1. The van der Waals surface area contributed by atoms with Gasteiger partial charge in [0, 0.05) is 28.1 Å². The molecule has 0 fully saturated rings. The summed E-state index contributed by atoms with van der Waals surface area (Å²) < 4.78 is 29.7. The lowest BCUT2D eigenvalue weighted by Gasteiger charge is -2.10. The number of nitrogens with two attached hydrogens (primary N) is 3. The van der Waals surface area contributed by atoms with E-state index in [0.717, 1.165) is 29.7 Å². The molecule has 13 heteroatoms. The van der Waals surface area contributed by atoms with Crippen LogP contribution in [0.2, 0.25) is 5.02 Å². The maximum atomic E-state index is 12.0. The molecule has 9 nitrogen and oxygen atoms in total. The van der Waals surface area contributed by atoms with Crippen LogP contribution in [0.25, 0.3) is 22.3 Å². The molecule has 35 heavy (non-hydrogen) atoms. The average Bonchev–Trinajstić information content (AvgIpc) is 3.11. The van der Waals surface area contributed by atoms with Crippen LogP contribution in [0.3, 0.4) is 0 Å². The van der Waals surface area contributed by atoms with E-state index in [1.54, 1.807) is 36.6 Å². The Morgan fingerprint density at radius 1 is 0.971 bits per heavy atom. The zero-order valence-electron chi connectivity index (χ0n) is 18.1. The van der Waals surface area contributed by atoms with Crippen molar-refractivity contribution in [1.82, 2.24) is 0 Å². The monoisotopic (exact) mass is 563 g/mol. The second-order valence-corrected chi connectivity index (χ2v) is 9.27. The van der Waals surface area contributed by atoms with E-state index >= 15 is 0 Å². The highest BCUT2D eigenvalue weighted by molar-refractivity contribution is 7.96. The van der Waals surface area contributed by atoms with Gasteiger partial charge in [-0.1, -0.05) is 81.5 Å². The van der Waals surface area contributed by atoms with Crippen LogP contribution in [0.15, 0.2) is 64.1 Å². The summed E-state index contributed by atoms with van der Waals surface area (Å²) in [5, 5.41) is 4.75. The molecule has 0 radical (unpaired) electrons. The van der Waals surface area contributed by atoms with Crippen molar-refractivity contribution in [3.63, 3.8) is 0 Å². The number of amides is 2. The van der Waals surface area contributed by atoms with Crippen LogP contribution < -0.4 is 16.6 Å². The van der Waals surface area contributed by atoms with Gasteiger partial charge in [0.1, 0.15) is 5.76 Å². The molecule has 8 N–H and O–H groups in total. The summed E-state index contributed by atoms with van der Waals surface area (Å²) in [6.45, 7) is 2.06. The third kappa shape index (κ3) is 11.7. The van der Waals surface area contributed by atoms with Crippen LogP contribution in [-0.4, -0.2) is 24.4 Å². The Morgan fingerprint density at radius 2 is 1.46 bits per heavy atom. The minimum absolute atomic E-state index is 0. The van der Waals surface area contributed by atoms with Crippen molar-refractivity contribution >= 4 is 57.4 Å². The quantitative estimate of drug-likeness (QED) is 0.281. The van der Waals surface area contributed by atoms with Crippen LogP contribution in [0.1, 0.15) is 26.5 Å². The molecule has 0 bridgehead atoms. The molecule has 0 aliphatic heterocycles. The summed E-state index contributed by atoms with van der Waals surface area (Å²) in [7, 11) is -3.85. The topological polar surface area (TPSA) is 191 Å². The molecule has 0 aliphatic rings. The van der Waals surface area contributed by atoms with E-state index in [2.05, 4.69) is 43.6 Å². The molecule has 0 saturated heterocycles. The predicted molar refractivity (Wildman–Crippen MR) is 147 cm³/mol. The number of benzene rings is 2. The standard InChI is InChI=1S/C19H18ClNO3S.2CH3NOS.CH4.H2O/c1-2-5-17-19(13-8-10-14(20)11-9-13)16(12-24-17)15-6-3-4-7-18(15)25(21,22)23;2*2-1(3)4;;/h3-4,6-12H,2,5H2,1H3,(H2,21,22,23);2*(H3,2,3,4);1H4;1H2. The molecular weight excluding hydrogens is 534 g/mol. The smallest absolute Gasteiger partial charge is 0.273 e. The van der Waals surface area contributed by atoms with E-state index < -0.39 is 20.5 Å². The van der Waals surface area contributed by atoms with E-state index in [4.69, 9.17) is 30.7 Å². The third-order valence-electron chi connectivity index (χ3n) is 3.96. The Morgan fingerprint density at radius 3 is 1.91 bits per heavy atom. The van der Waals surface area contributed by atoms with Gasteiger partial charge >= 0.3 is 0 Å². The lowest BCUT2D eigenvalue weighted by atomic mass is 9.95. The number of hydrogen-bond acceptors (Lipinski definition) is 5. The maximum absolute atomic E-state index is 12.0. The number of halogens is 1. The number of furan rings is 1. The average molecular weight is 564 g/mol. The number of thiol groups is 2. The number of aryl methyl sites for hydroxylation is 1. The second kappa shape index (κ2) is 16.2. The van der Waals surface area contributed by atoms with Crippen molar-refractivity contribution < 1.29 is 27.9 Å². The minimum atomic E-state index is -3.85. The Kier molecular flexibility index (Phi) is 16.1. The second-order valence-electron chi connectivity index (χ2n) is 6.42. The SMILES string of the molecule is C.CCCc1occ(-c2ccccc2S(N)(=O)=O)c1-c1ccc(Cl)cc1.NC(=O)S.NC(=O)S.O. The first kappa shape index (κ1) is 34.7. The molecular formula is C22H30ClN3O6S3. The van der Waals surface area contributed by atoms with Crippen LogP contribution in [0.4, 0.5) is 9.59 Å². The van der Waals surface area contributed by atoms with E-state index in [9.17, 15) is 8.42 Å². The van der Waals surface area contributed by atoms with Gasteiger partial charge in [0.15, 0.2) is 0 Å². The van der Waals surface area contributed by atoms with Crippen molar-refractivity contribution in [3.8, 4) is 22.3 Å². The molecule has 0 atom stereocenters. The van der Waals surface area contributed by atoms with Gasteiger partial charge in [-0.2, -0.15) is 0 Å². The first-order chi connectivity index (χ1) is 15.4. The zero-order chi connectivity index (χ0) is 25.2. The summed E-state index contributed by atoms with van der Waals surface area (Å²) in [5.74, 6) is 0.809. The number of rotatable bonds is 5. The Labute approximate surface area is 221 Å². The largest absolute Gasteiger partial charge is 0.468 e. The number of carbonyl (C=O) groups excluding carboxylic acids is 2. The van der Waals surface area contributed by atoms with Gasteiger partial charge in [0.2, 0.25) is 10.0 Å². The van der Waals surface area contributed by atoms with Gasteiger partial charge in [-0.15, -0.1) is 0 Å². The number of hydrogen-bond donors (Lipinski definition) is 5. The number of sulfonamides is 1. The third-order valence-corrected chi connectivity index (χ3v) is 5.18. The van der Waals surface area contributed by atoms with Crippen molar-refractivity contribution in [2.45, 2.75) is 32.1 Å². The van der Waals surface area contributed by atoms with Crippen LogP contribution in [-0.2, 0) is 16.4 Å². The van der Waals surface area contributed by atoms with Gasteiger partial charge in [0.05, 0.1) is 11.2 Å². The lowest BCUT2D eigenvalue weighted by molar-refractivity contribution is 0.266. The minimum Gasteiger partial charge on any atom is -0.468 e. The van der Waals surface area contributed by atoms with Gasteiger partial charge < -0.3 is 21.4 Å². The predicted octanol–water partition coefficient (Wildman–Crippen LogP) is 4.67.